The van der Waals surface area contributed by atoms with Gasteiger partial charge in [-0.15, -0.1) is 0 Å². The van der Waals surface area contributed by atoms with Gasteiger partial charge in [-0.2, -0.15) is 0 Å². The topological polar surface area (TPSA) is 63.6 Å². The van der Waals surface area contributed by atoms with Crippen LogP contribution < -0.4 is 0 Å². The fourth-order valence-electron chi connectivity index (χ4n) is 5.38. The van der Waals surface area contributed by atoms with Crippen molar-refractivity contribution in [3.8, 4) is 0 Å². The van der Waals surface area contributed by atoms with E-state index in [0.29, 0.717) is 6.42 Å². The van der Waals surface area contributed by atoms with Crippen LogP contribution in [-0.4, -0.2) is 23.1 Å². The zero-order valence-corrected chi connectivity index (χ0v) is 30.1. The number of carbonyl (C=O) groups is 2. The van der Waals surface area contributed by atoms with Gasteiger partial charge in [0.15, 0.2) is 0 Å². The summed E-state index contributed by atoms with van der Waals surface area (Å²) in [6.07, 6.45) is 51.1. The number of carboxylic acid groups (broad SMARTS) is 1. The van der Waals surface area contributed by atoms with E-state index in [9.17, 15) is 9.59 Å². The zero-order valence-electron chi connectivity index (χ0n) is 30.1. The van der Waals surface area contributed by atoms with E-state index in [4.69, 9.17) is 9.84 Å². The Morgan fingerprint density at radius 1 is 0.522 bits per heavy atom. The summed E-state index contributed by atoms with van der Waals surface area (Å²) in [4.78, 5) is 23.3. The molecule has 0 fully saturated rings. The highest BCUT2D eigenvalue weighted by molar-refractivity contribution is 5.69. The Balaban J connectivity index is 3.94. The monoisotopic (exact) mass is 641 g/mol. The van der Waals surface area contributed by atoms with Gasteiger partial charge in [0.1, 0.15) is 6.10 Å². The van der Waals surface area contributed by atoms with Crippen LogP contribution in [-0.2, 0) is 14.3 Å². The molecule has 1 unspecified atom stereocenters. The second-order valence-corrected chi connectivity index (χ2v) is 12.7. The van der Waals surface area contributed by atoms with Crippen LogP contribution in [0.3, 0.4) is 0 Å². The fourth-order valence-corrected chi connectivity index (χ4v) is 5.38. The number of unbranched alkanes of at least 4 members (excludes halogenated alkanes) is 17. The summed E-state index contributed by atoms with van der Waals surface area (Å²) in [5, 5.41) is 8.82. The van der Waals surface area contributed by atoms with Crippen LogP contribution in [0.1, 0.15) is 187 Å². The van der Waals surface area contributed by atoms with Crippen molar-refractivity contribution in [1.29, 1.82) is 0 Å². The first-order chi connectivity index (χ1) is 22.6. The van der Waals surface area contributed by atoms with Gasteiger partial charge in [0, 0.05) is 12.8 Å². The van der Waals surface area contributed by atoms with Gasteiger partial charge in [-0.25, -0.2) is 0 Å². The van der Waals surface area contributed by atoms with E-state index in [1.165, 1.54) is 83.5 Å². The maximum Gasteiger partial charge on any atom is 0.306 e. The van der Waals surface area contributed by atoms with E-state index in [-0.39, 0.29) is 18.5 Å². The fraction of sp³-hybridized carbons (Fsp3) is 0.714. The molecule has 264 valence electrons. The van der Waals surface area contributed by atoms with Gasteiger partial charge < -0.3 is 9.84 Å². The highest BCUT2D eigenvalue weighted by atomic mass is 16.5. The summed E-state index contributed by atoms with van der Waals surface area (Å²) in [5.41, 5.74) is 0. The lowest BCUT2D eigenvalue weighted by atomic mass is 10.1. The Morgan fingerprint density at radius 2 is 0.978 bits per heavy atom. The second-order valence-electron chi connectivity index (χ2n) is 12.7. The third-order valence-electron chi connectivity index (χ3n) is 8.21. The van der Waals surface area contributed by atoms with E-state index in [2.05, 4.69) is 74.6 Å². The van der Waals surface area contributed by atoms with Crippen LogP contribution >= 0.6 is 0 Å². The number of hydrogen-bond acceptors (Lipinski definition) is 3. The number of allylic oxidation sites excluding steroid dienone is 9. The number of carboxylic acids is 1. The second kappa shape index (κ2) is 37.1. The lowest BCUT2D eigenvalue weighted by Gasteiger charge is -2.15. The molecule has 0 rings (SSSR count). The molecule has 0 aromatic heterocycles. The predicted molar refractivity (Wildman–Crippen MR) is 199 cm³/mol. The molecule has 0 saturated heterocycles. The van der Waals surface area contributed by atoms with Crippen molar-refractivity contribution in [3.63, 3.8) is 0 Å². The van der Waals surface area contributed by atoms with Crippen LogP contribution in [0.4, 0.5) is 0 Å². The maximum atomic E-state index is 12.6. The molecule has 46 heavy (non-hydrogen) atoms. The average molecular weight is 641 g/mol. The Labute approximate surface area is 284 Å². The summed E-state index contributed by atoms with van der Waals surface area (Å²) >= 11 is 0. The van der Waals surface area contributed by atoms with Crippen molar-refractivity contribution in [3.05, 3.63) is 60.8 Å². The summed E-state index contributed by atoms with van der Waals surface area (Å²) < 4.78 is 5.87. The molecule has 0 aromatic rings. The van der Waals surface area contributed by atoms with E-state index in [1.807, 2.05) is 0 Å². The zero-order chi connectivity index (χ0) is 33.6. The van der Waals surface area contributed by atoms with Gasteiger partial charge in [0.25, 0.3) is 0 Å². The third-order valence-corrected chi connectivity index (χ3v) is 8.21. The molecule has 0 heterocycles. The molecule has 0 saturated carbocycles. The highest BCUT2D eigenvalue weighted by Gasteiger charge is 2.11. The summed E-state index contributed by atoms with van der Waals surface area (Å²) in [6.45, 7) is 4.41. The Kier molecular flexibility index (Phi) is 35.2. The van der Waals surface area contributed by atoms with Crippen LogP contribution in [0.2, 0.25) is 0 Å². The molecule has 0 aliphatic rings. The van der Waals surface area contributed by atoms with Gasteiger partial charge in [0.05, 0.1) is 0 Å². The SMILES string of the molecule is CC/C=C\C/C=C\C/C=C\C/C=C\CCCCCCCCCCC(=O)OC(/C=C\CCCCCCCC)CCCCCCC(=O)O. The van der Waals surface area contributed by atoms with Crippen molar-refractivity contribution < 1.29 is 19.4 Å². The summed E-state index contributed by atoms with van der Waals surface area (Å²) in [7, 11) is 0. The first-order valence-electron chi connectivity index (χ1n) is 19.3. The lowest BCUT2D eigenvalue weighted by molar-refractivity contribution is -0.147. The van der Waals surface area contributed by atoms with Crippen LogP contribution in [0, 0.1) is 0 Å². The molecule has 0 amide bonds. The number of rotatable bonds is 34. The Hall–Kier alpha value is -2.36. The number of hydrogen-bond donors (Lipinski definition) is 1. The largest absolute Gasteiger partial charge is 0.481 e. The molecule has 0 bridgehead atoms. The van der Waals surface area contributed by atoms with Crippen molar-refractivity contribution in [2.24, 2.45) is 0 Å². The van der Waals surface area contributed by atoms with Gasteiger partial charge >= 0.3 is 11.9 Å². The van der Waals surface area contributed by atoms with E-state index >= 15 is 0 Å². The molecule has 1 atom stereocenters. The maximum absolute atomic E-state index is 12.6. The van der Waals surface area contributed by atoms with E-state index < -0.39 is 5.97 Å². The molecule has 4 heteroatoms. The first kappa shape index (κ1) is 43.6. The number of aliphatic carboxylic acids is 1. The number of ether oxygens (including phenoxy) is 1. The van der Waals surface area contributed by atoms with Gasteiger partial charge in [0.2, 0.25) is 0 Å². The number of esters is 1. The van der Waals surface area contributed by atoms with Crippen LogP contribution in [0.15, 0.2) is 60.8 Å². The predicted octanol–water partition coefficient (Wildman–Crippen LogP) is 13.3. The van der Waals surface area contributed by atoms with Crippen LogP contribution in [0.25, 0.3) is 0 Å². The molecule has 0 radical (unpaired) electrons. The highest BCUT2D eigenvalue weighted by Crippen LogP contribution is 2.15. The molecule has 0 aliphatic heterocycles. The molecular weight excluding hydrogens is 568 g/mol. The Morgan fingerprint density at radius 3 is 1.54 bits per heavy atom. The van der Waals surface area contributed by atoms with Crippen molar-refractivity contribution in [2.45, 2.75) is 193 Å². The minimum Gasteiger partial charge on any atom is -0.481 e. The van der Waals surface area contributed by atoms with E-state index in [1.54, 1.807) is 0 Å². The summed E-state index contributed by atoms with van der Waals surface area (Å²) in [6, 6.07) is 0. The molecule has 0 aliphatic carbocycles. The first-order valence-corrected chi connectivity index (χ1v) is 19.3. The molecule has 1 N–H and O–H groups in total. The van der Waals surface area contributed by atoms with E-state index in [0.717, 1.165) is 77.0 Å². The smallest absolute Gasteiger partial charge is 0.306 e. The molecule has 0 spiro atoms. The van der Waals surface area contributed by atoms with Gasteiger partial charge in [-0.1, -0.05) is 152 Å². The van der Waals surface area contributed by atoms with Crippen molar-refractivity contribution in [1.82, 2.24) is 0 Å². The third kappa shape index (κ3) is 36.1. The standard InChI is InChI=1S/C42H72O4/c1-3-5-7-9-11-13-14-15-16-17-18-19-20-21-22-23-24-25-27-29-35-39-42(45)46-40(37-33-30-31-34-38-41(43)44)36-32-28-26-12-10-8-6-4-2/h5,7,11,13,15-16,18-19,32,36,40H,3-4,6,8-10,12,14,17,20-31,33-35,37-39H2,1-2H3,(H,43,44)/b7-5-,13-11-,16-15-,19-18-,36-32-. The molecule has 0 aromatic carbocycles. The quantitative estimate of drug-likeness (QED) is 0.0432. The minimum absolute atomic E-state index is 0.0732. The lowest BCUT2D eigenvalue weighted by Crippen LogP contribution is -2.16. The average Bonchev–Trinajstić information content (AvgIpc) is 3.04. The van der Waals surface area contributed by atoms with Crippen molar-refractivity contribution in [2.75, 3.05) is 0 Å². The van der Waals surface area contributed by atoms with Crippen LogP contribution in [0.5, 0.6) is 0 Å². The molecule has 4 nitrogen and oxygen atoms in total. The van der Waals surface area contributed by atoms with Crippen molar-refractivity contribution >= 4 is 11.9 Å². The van der Waals surface area contributed by atoms with Gasteiger partial charge in [-0.3, -0.25) is 9.59 Å². The number of carbonyl (C=O) groups excluding carboxylic acids is 1. The minimum atomic E-state index is -0.724. The molecular formula is C42H72O4. The summed E-state index contributed by atoms with van der Waals surface area (Å²) in [5.74, 6) is -0.797. The van der Waals surface area contributed by atoms with Gasteiger partial charge in [-0.05, 0) is 83.1 Å². The normalized spacial score (nSPS) is 12.9. The Bertz CT molecular complexity index is 820.